The van der Waals surface area contributed by atoms with E-state index in [0.717, 1.165) is 23.2 Å². The third-order valence-electron chi connectivity index (χ3n) is 1.87. The molecule has 13 heavy (non-hydrogen) atoms. The second kappa shape index (κ2) is 3.87. The molecule has 1 aromatic rings. The fourth-order valence-electron chi connectivity index (χ4n) is 1.20. The molecule has 0 unspecified atom stereocenters. The van der Waals surface area contributed by atoms with Crippen LogP contribution in [-0.2, 0) is 4.84 Å². The van der Waals surface area contributed by atoms with Crippen LogP contribution in [0.4, 0.5) is 0 Å². The quantitative estimate of drug-likeness (QED) is 0.742. The van der Waals surface area contributed by atoms with Crippen LogP contribution in [0.2, 0.25) is 0 Å². The lowest BCUT2D eigenvalue weighted by Crippen LogP contribution is -2.09. The molecule has 0 aliphatic carbocycles. The highest BCUT2D eigenvalue weighted by molar-refractivity contribution is 9.09. The monoisotopic (exact) mass is 240 g/mol. The van der Waals surface area contributed by atoms with Crippen LogP contribution in [0.25, 0.3) is 0 Å². The Kier molecular flexibility index (Phi) is 2.59. The van der Waals surface area contributed by atoms with E-state index >= 15 is 0 Å². The number of hydrogen-bond acceptors (Lipinski definition) is 3. The van der Waals surface area contributed by atoms with Gasteiger partial charge in [0.2, 0.25) is 0 Å². The van der Waals surface area contributed by atoms with Gasteiger partial charge in [-0.25, -0.2) is 0 Å². The Balaban J connectivity index is 2.12. The fourth-order valence-corrected chi connectivity index (χ4v) is 1.54. The van der Waals surface area contributed by atoms with Crippen molar-refractivity contribution < 1.29 is 4.84 Å². The molecule has 0 spiro atoms. The SMILES string of the molecule is BrC[C@H]1CC(c2ccccn2)=NO1. The molecule has 0 saturated heterocycles. The third kappa shape index (κ3) is 1.88. The topological polar surface area (TPSA) is 34.5 Å². The van der Waals surface area contributed by atoms with Gasteiger partial charge in [0.15, 0.2) is 0 Å². The molecule has 0 fully saturated rings. The standard InChI is InChI=1S/C9H9BrN2O/c10-6-7-5-9(12-13-7)8-3-1-2-4-11-8/h1-4,7H,5-6H2/t7-/m1/s1. The minimum Gasteiger partial charge on any atom is -0.391 e. The number of oxime groups is 1. The van der Waals surface area contributed by atoms with Gasteiger partial charge in [0.25, 0.3) is 0 Å². The molecule has 0 bridgehead atoms. The van der Waals surface area contributed by atoms with Crippen LogP contribution in [0.5, 0.6) is 0 Å². The molecule has 1 aliphatic rings. The first-order valence-corrected chi connectivity index (χ1v) is 5.22. The van der Waals surface area contributed by atoms with E-state index in [2.05, 4.69) is 26.1 Å². The zero-order valence-corrected chi connectivity index (χ0v) is 8.57. The molecule has 1 aromatic heterocycles. The average molecular weight is 241 g/mol. The van der Waals surface area contributed by atoms with E-state index < -0.39 is 0 Å². The van der Waals surface area contributed by atoms with Crippen LogP contribution in [-0.4, -0.2) is 22.1 Å². The number of alkyl halides is 1. The second-order valence-electron chi connectivity index (χ2n) is 2.84. The molecule has 2 heterocycles. The Labute approximate surface area is 84.9 Å². The molecule has 2 rings (SSSR count). The van der Waals surface area contributed by atoms with Crippen LogP contribution in [0.15, 0.2) is 29.6 Å². The fraction of sp³-hybridized carbons (Fsp3) is 0.333. The highest BCUT2D eigenvalue weighted by atomic mass is 79.9. The van der Waals surface area contributed by atoms with Gasteiger partial charge in [-0.2, -0.15) is 0 Å². The van der Waals surface area contributed by atoms with Gasteiger partial charge in [-0.15, -0.1) is 0 Å². The summed E-state index contributed by atoms with van der Waals surface area (Å²) < 4.78 is 0. The number of nitrogens with zero attached hydrogens (tertiary/aromatic N) is 2. The zero-order chi connectivity index (χ0) is 9.10. The summed E-state index contributed by atoms with van der Waals surface area (Å²) in [5.41, 5.74) is 1.84. The van der Waals surface area contributed by atoms with Gasteiger partial charge < -0.3 is 4.84 Å². The van der Waals surface area contributed by atoms with E-state index in [4.69, 9.17) is 4.84 Å². The number of pyridine rings is 1. The Morgan fingerprint density at radius 1 is 1.54 bits per heavy atom. The Hall–Kier alpha value is -0.900. The lowest BCUT2D eigenvalue weighted by Gasteiger charge is -2.00. The average Bonchev–Trinajstić information content (AvgIpc) is 2.67. The van der Waals surface area contributed by atoms with Crippen LogP contribution in [0.1, 0.15) is 12.1 Å². The zero-order valence-electron chi connectivity index (χ0n) is 6.98. The van der Waals surface area contributed by atoms with Crippen molar-refractivity contribution in [3.05, 3.63) is 30.1 Å². The summed E-state index contributed by atoms with van der Waals surface area (Å²) in [6.45, 7) is 0. The van der Waals surface area contributed by atoms with Crippen molar-refractivity contribution in [1.82, 2.24) is 4.98 Å². The van der Waals surface area contributed by atoms with Crippen molar-refractivity contribution >= 4 is 21.6 Å². The van der Waals surface area contributed by atoms with Gasteiger partial charge in [-0.05, 0) is 12.1 Å². The number of halogens is 1. The van der Waals surface area contributed by atoms with Crippen LogP contribution in [0, 0.1) is 0 Å². The minimum atomic E-state index is 0.164. The van der Waals surface area contributed by atoms with Gasteiger partial charge >= 0.3 is 0 Å². The first-order chi connectivity index (χ1) is 6.40. The maximum Gasteiger partial charge on any atom is 0.142 e. The van der Waals surface area contributed by atoms with E-state index in [9.17, 15) is 0 Å². The van der Waals surface area contributed by atoms with Crippen molar-refractivity contribution in [2.45, 2.75) is 12.5 Å². The maximum atomic E-state index is 5.17. The molecule has 0 N–H and O–H groups in total. The van der Waals surface area contributed by atoms with Crippen LogP contribution in [0.3, 0.4) is 0 Å². The minimum absolute atomic E-state index is 0.164. The molecule has 1 atom stereocenters. The van der Waals surface area contributed by atoms with E-state index in [0.29, 0.717) is 0 Å². The van der Waals surface area contributed by atoms with Gasteiger partial charge in [-0.3, -0.25) is 4.98 Å². The number of aromatic nitrogens is 1. The highest BCUT2D eigenvalue weighted by Gasteiger charge is 2.21. The molecular formula is C9H9BrN2O. The third-order valence-corrected chi connectivity index (χ3v) is 2.59. The molecule has 1 aliphatic heterocycles. The molecule has 3 nitrogen and oxygen atoms in total. The molecule has 0 aromatic carbocycles. The van der Waals surface area contributed by atoms with Crippen molar-refractivity contribution in [2.75, 3.05) is 5.33 Å². The Morgan fingerprint density at radius 3 is 3.08 bits per heavy atom. The molecule has 0 amide bonds. The lowest BCUT2D eigenvalue weighted by molar-refractivity contribution is 0.104. The molecule has 0 saturated carbocycles. The van der Waals surface area contributed by atoms with E-state index in [1.807, 2.05) is 18.2 Å². The number of rotatable bonds is 2. The number of hydrogen-bond donors (Lipinski definition) is 0. The van der Waals surface area contributed by atoms with Crippen LogP contribution < -0.4 is 0 Å². The van der Waals surface area contributed by atoms with E-state index in [1.54, 1.807) is 6.20 Å². The van der Waals surface area contributed by atoms with Gasteiger partial charge in [0, 0.05) is 17.9 Å². The van der Waals surface area contributed by atoms with E-state index in [-0.39, 0.29) is 6.10 Å². The largest absolute Gasteiger partial charge is 0.391 e. The van der Waals surface area contributed by atoms with Gasteiger partial charge in [0.1, 0.15) is 11.8 Å². The summed E-state index contributed by atoms with van der Waals surface area (Å²) in [5, 5.41) is 4.79. The van der Waals surface area contributed by atoms with Crippen molar-refractivity contribution in [3.8, 4) is 0 Å². The smallest absolute Gasteiger partial charge is 0.142 e. The summed E-state index contributed by atoms with van der Waals surface area (Å²) in [4.78, 5) is 9.37. The second-order valence-corrected chi connectivity index (χ2v) is 3.49. The van der Waals surface area contributed by atoms with Crippen molar-refractivity contribution in [2.24, 2.45) is 5.16 Å². The summed E-state index contributed by atoms with van der Waals surface area (Å²) in [6.07, 6.45) is 2.76. The molecule has 4 heteroatoms. The van der Waals surface area contributed by atoms with Crippen LogP contribution >= 0.6 is 15.9 Å². The first kappa shape index (κ1) is 8.69. The summed E-state index contributed by atoms with van der Waals surface area (Å²) in [6, 6.07) is 5.78. The Bertz CT molecular complexity index is 313. The molecular weight excluding hydrogens is 232 g/mol. The summed E-state index contributed by atoms with van der Waals surface area (Å²) >= 11 is 3.36. The van der Waals surface area contributed by atoms with Crippen molar-refractivity contribution in [1.29, 1.82) is 0 Å². The molecule has 68 valence electrons. The van der Waals surface area contributed by atoms with E-state index in [1.165, 1.54) is 0 Å². The maximum absolute atomic E-state index is 5.17. The van der Waals surface area contributed by atoms with Gasteiger partial charge in [-0.1, -0.05) is 27.2 Å². The first-order valence-electron chi connectivity index (χ1n) is 4.10. The predicted octanol–water partition coefficient (Wildman–Crippen LogP) is 1.97. The highest BCUT2D eigenvalue weighted by Crippen LogP contribution is 2.16. The van der Waals surface area contributed by atoms with Gasteiger partial charge in [0.05, 0.1) is 5.69 Å². The normalized spacial score (nSPS) is 21.0. The summed E-state index contributed by atoms with van der Waals surface area (Å²) in [5.74, 6) is 0. The predicted molar refractivity (Wildman–Crippen MR) is 54.1 cm³/mol. The molecule has 0 radical (unpaired) electrons. The van der Waals surface area contributed by atoms with Crippen molar-refractivity contribution in [3.63, 3.8) is 0 Å². The summed E-state index contributed by atoms with van der Waals surface area (Å²) in [7, 11) is 0. The lowest BCUT2D eigenvalue weighted by atomic mass is 10.1. The Morgan fingerprint density at radius 2 is 2.46 bits per heavy atom.